The summed E-state index contributed by atoms with van der Waals surface area (Å²) in [6.45, 7) is 3.74. The Bertz CT molecular complexity index is 1090. The van der Waals surface area contributed by atoms with Crippen LogP contribution in [0.25, 0.3) is 0 Å². The first-order chi connectivity index (χ1) is 13.0. The SMILES string of the molecule is COc1cc(C#Cc2ccc(C#Cc3ccc(C)c(F)c3)cc2)ccc1C. The first-order valence-electron chi connectivity index (χ1n) is 8.60. The molecule has 0 N–H and O–H groups in total. The highest BCUT2D eigenvalue weighted by Gasteiger charge is 1.98. The van der Waals surface area contributed by atoms with Crippen LogP contribution < -0.4 is 4.74 Å². The molecule has 0 saturated heterocycles. The molecule has 0 unspecified atom stereocenters. The summed E-state index contributed by atoms with van der Waals surface area (Å²) < 4.78 is 18.9. The van der Waals surface area contributed by atoms with E-state index in [1.807, 2.05) is 55.5 Å². The highest BCUT2D eigenvalue weighted by atomic mass is 19.1. The lowest BCUT2D eigenvalue weighted by atomic mass is 10.1. The van der Waals surface area contributed by atoms with Crippen molar-refractivity contribution in [2.24, 2.45) is 0 Å². The van der Waals surface area contributed by atoms with Gasteiger partial charge in [-0.25, -0.2) is 4.39 Å². The molecule has 0 fully saturated rings. The molecule has 0 radical (unpaired) electrons. The molecule has 0 amide bonds. The van der Waals surface area contributed by atoms with Crippen LogP contribution in [0.5, 0.6) is 5.75 Å². The molecule has 27 heavy (non-hydrogen) atoms. The fraction of sp³-hybridized carbons (Fsp3) is 0.120. The molecule has 0 bridgehead atoms. The van der Waals surface area contributed by atoms with Crippen molar-refractivity contribution in [3.63, 3.8) is 0 Å². The molecule has 0 spiro atoms. The van der Waals surface area contributed by atoms with E-state index in [1.165, 1.54) is 6.07 Å². The topological polar surface area (TPSA) is 9.23 Å². The molecule has 3 aromatic rings. The van der Waals surface area contributed by atoms with Crippen molar-refractivity contribution >= 4 is 0 Å². The molecule has 0 saturated carbocycles. The fourth-order valence-electron chi connectivity index (χ4n) is 2.49. The molecule has 0 aliphatic carbocycles. The van der Waals surface area contributed by atoms with Crippen LogP contribution in [0.15, 0.2) is 60.7 Å². The van der Waals surface area contributed by atoms with Gasteiger partial charge in [0, 0.05) is 22.3 Å². The summed E-state index contributed by atoms with van der Waals surface area (Å²) >= 11 is 0. The van der Waals surface area contributed by atoms with Gasteiger partial charge < -0.3 is 4.74 Å². The standard InChI is InChI=1S/C25H19FO/c1-18-4-6-22(16-24(18)26)14-12-20-8-10-21(11-9-20)13-15-23-7-5-19(2)25(17-23)27-3/h4-11,16-17H,1-3H3. The molecule has 0 aliphatic rings. The Morgan fingerprint density at radius 1 is 0.630 bits per heavy atom. The minimum absolute atomic E-state index is 0.236. The number of ether oxygens (including phenoxy) is 1. The van der Waals surface area contributed by atoms with Gasteiger partial charge in [0.25, 0.3) is 0 Å². The molecule has 1 nitrogen and oxygen atoms in total. The highest BCUT2D eigenvalue weighted by molar-refractivity contribution is 5.50. The van der Waals surface area contributed by atoms with E-state index in [1.54, 1.807) is 20.1 Å². The molecule has 0 aromatic heterocycles. The van der Waals surface area contributed by atoms with Crippen LogP contribution in [0.2, 0.25) is 0 Å². The minimum Gasteiger partial charge on any atom is -0.496 e. The smallest absolute Gasteiger partial charge is 0.127 e. The predicted molar refractivity (Wildman–Crippen MR) is 107 cm³/mol. The van der Waals surface area contributed by atoms with Crippen molar-refractivity contribution in [2.45, 2.75) is 13.8 Å². The first kappa shape index (κ1) is 18.3. The molecule has 2 heteroatoms. The summed E-state index contributed by atoms with van der Waals surface area (Å²) in [5, 5.41) is 0. The molecule has 132 valence electrons. The van der Waals surface area contributed by atoms with Crippen molar-refractivity contribution in [1.29, 1.82) is 0 Å². The summed E-state index contributed by atoms with van der Waals surface area (Å²) in [4.78, 5) is 0. The third kappa shape index (κ3) is 4.78. The minimum atomic E-state index is -0.236. The van der Waals surface area contributed by atoms with Crippen molar-refractivity contribution in [3.8, 4) is 29.4 Å². The normalized spacial score (nSPS) is 9.63. The quantitative estimate of drug-likeness (QED) is 0.542. The summed E-state index contributed by atoms with van der Waals surface area (Å²) in [7, 11) is 1.66. The monoisotopic (exact) mass is 354 g/mol. The molecular weight excluding hydrogens is 335 g/mol. The molecule has 0 heterocycles. The van der Waals surface area contributed by atoms with Crippen molar-refractivity contribution < 1.29 is 9.13 Å². The van der Waals surface area contributed by atoms with Crippen molar-refractivity contribution in [2.75, 3.05) is 7.11 Å². The van der Waals surface area contributed by atoms with Crippen LogP contribution >= 0.6 is 0 Å². The zero-order valence-corrected chi connectivity index (χ0v) is 15.6. The largest absolute Gasteiger partial charge is 0.496 e. The van der Waals surface area contributed by atoms with E-state index in [0.29, 0.717) is 11.1 Å². The number of aryl methyl sites for hydroxylation is 2. The van der Waals surface area contributed by atoms with Crippen LogP contribution in [0.3, 0.4) is 0 Å². The zero-order chi connectivity index (χ0) is 19.2. The van der Waals surface area contributed by atoms with Crippen LogP contribution in [-0.4, -0.2) is 7.11 Å². The van der Waals surface area contributed by atoms with Crippen LogP contribution in [0.1, 0.15) is 33.4 Å². The molecule has 3 rings (SSSR count). The van der Waals surface area contributed by atoms with Gasteiger partial charge >= 0.3 is 0 Å². The number of benzene rings is 3. The first-order valence-corrected chi connectivity index (χ1v) is 8.60. The highest BCUT2D eigenvalue weighted by Crippen LogP contribution is 2.18. The third-order valence-corrected chi connectivity index (χ3v) is 4.17. The van der Waals surface area contributed by atoms with Gasteiger partial charge in [-0.3, -0.25) is 0 Å². The second-order valence-corrected chi connectivity index (χ2v) is 6.23. The van der Waals surface area contributed by atoms with E-state index < -0.39 is 0 Å². The summed E-state index contributed by atoms with van der Waals surface area (Å²) in [6, 6.07) is 18.6. The van der Waals surface area contributed by atoms with Gasteiger partial charge in [0.1, 0.15) is 11.6 Å². The van der Waals surface area contributed by atoms with E-state index in [-0.39, 0.29) is 5.82 Å². The predicted octanol–water partition coefficient (Wildman–Crippen LogP) is 5.25. The van der Waals surface area contributed by atoms with Crippen LogP contribution in [-0.2, 0) is 0 Å². The van der Waals surface area contributed by atoms with Gasteiger partial charge in [-0.2, -0.15) is 0 Å². The number of hydrogen-bond acceptors (Lipinski definition) is 1. The van der Waals surface area contributed by atoms with Crippen LogP contribution in [0.4, 0.5) is 4.39 Å². The maximum atomic E-state index is 13.6. The van der Waals surface area contributed by atoms with E-state index in [2.05, 4.69) is 23.7 Å². The maximum absolute atomic E-state index is 13.6. The molecule has 0 atom stereocenters. The Morgan fingerprint density at radius 3 is 1.59 bits per heavy atom. The average Bonchev–Trinajstić information content (AvgIpc) is 2.69. The lowest BCUT2D eigenvalue weighted by Crippen LogP contribution is -1.87. The number of rotatable bonds is 1. The second-order valence-electron chi connectivity index (χ2n) is 6.23. The van der Waals surface area contributed by atoms with Crippen LogP contribution in [0, 0.1) is 43.3 Å². The zero-order valence-electron chi connectivity index (χ0n) is 15.6. The van der Waals surface area contributed by atoms with Gasteiger partial charge in [-0.1, -0.05) is 35.8 Å². The Hall–Kier alpha value is -3.49. The number of halogens is 1. The van der Waals surface area contributed by atoms with Crippen molar-refractivity contribution in [3.05, 3.63) is 99.9 Å². The second kappa shape index (κ2) is 8.26. The number of hydrogen-bond donors (Lipinski definition) is 0. The van der Waals surface area contributed by atoms with Crippen molar-refractivity contribution in [1.82, 2.24) is 0 Å². The Labute approximate surface area is 159 Å². The van der Waals surface area contributed by atoms with Gasteiger partial charge in [-0.15, -0.1) is 0 Å². The fourth-order valence-corrected chi connectivity index (χ4v) is 2.49. The number of methoxy groups -OCH3 is 1. The maximum Gasteiger partial charge on any atom is 0.127 e. The lowest BCUT2D eigenvalue weighted by Gasteiger charge is -2.03. The van der Waals surface area contributed by atoms with Gasteiger partial charge in [-0.05, 0) is 73.5 Å². The van der Waals surface area contributed by atoms with E-state index in [4.69, 9.17) is 4.74 Å². The van der Waals surface area contributed by atoms with Gasteiger partial charge in [0.15, 0.2) is 0 Å². The van der Waals surface area contributed by atoms with E-state index in [0.717, 1.165) is 28.0 Å². The van der Waals surface area contributed by atoms with E-state index >= 15 is 0 Å². The van der Waals surface area contributed by atoms with E-state index in [9.17, 15) is 4.39 Å². The average molecular weight is 354 g/mol. The molecule has 0 aliphatic heterocycles. The molecular formula is C25H19FO. The van der Waals surface area contributed by atoms with Gasteiger partial charge in [0.2, 0.25) is 0 Å². The summed E-state index contributed by atoms with van der Waals surface area (Å²) in [5.74, 6) is 12.9. The Kier molecular flexibility index (Phi) is 5.60. The summed E-state index contributed by atoms with van der Waals surface area (Å²) in [5.41, 5.74) is 5.03. The third-order valence-electron chi connectivity index (χ3n) is 4.17. The van der Waals surface area contributed by atoms with Gasteiger partial charge in [0.05, 0.1) is 7.11 Å². The Balaban J connectivity index is 1.75. The lowest BCUT2D eigenvalue weighted by molar-refractivity contribution is 0.411. The summed E-state index contributed by atoms with van der Waals surface area (Å²) in [6.07, 6.45) is 0. The Morgan fingerprint density at radius 2 is 1.07 bits per heavy atom. The molecule has 3 aromatic carbocycles.